The Morgan fingerprint density at radius 3 is 2.76 bits per heavy atom. The lowest BCUT2D eigenvalue weighted by Gasteiger charge is -2.21. The normalized spacial score (nSPS) is 26.2. The van der Waals surface area contributed by atoms with Crippen molar-refractivity contribution < 1.29 is 5.21 Å². The summed E-state index contributed by atoms with van der Waals surface area (Å²) in [7, 11) is 0. The molecule has 3 unspecified atom stereocenters. The van der Waals surface area contributed by atoms with Gasteiger partial charge in [0.05, 0.1) is 0 Å². The van der Waals surface area contributed by atoms with Crippen LogP contribution in [-0.4, -0.2) is 17.1 Å². The van der Waals surface area contributed by atoms with Crippen molar-refractivity contribution in [3.8, 4) is 0 Å². The third kappa shape index (κ3) is 3.56. The number of rotatable bonds is 5. The first-order chi connectivity index (χ1) is 10.1. The van der Waals surface area contributed by atoms with Gasteiger partial charge in [0.25, 0.3) is 0 Å². The molecule has 1 aliphatic rings. The molecule has 0 aromatic heterocycles. The summed E-state index contributed by atoms with van der Waals surface area (Å²) in [5.74, 6) is 1.78. The number of nitrogens with zero attached hydrogens (tertiary/aromatic N) is 1. The van der Waals surface area contributed by atoms with Crippen molar-refractivity contribution in [3.63, 3.8) is 0 Å². The van der Waals surface area contributed by atoms with Crippen LogP contribution < -0.4 is 11.1 Å². The van der Waals surface area contributed by atoms with Crippen LogP contribution in [0, 0.1) is 18.8 Å². The van der Waals surface area contributed by atoms with Crippen LogP contribution in [0.1, 0.15) is 49.8 Å². The van der Waals surface area contributed by atoms with Gasteiger partial charge < -0.3 is 16.3 Å². The van der Waals surface area contributed by atoms with Crippen LogP contribution >= 0.6 is 0 Å². The maximum atomic E-state index is 8.72. The van der Waals surface area contributed by atoms with E-state index in [1.807, 2.05) is 12.1 Å². The van der Waals surface area contributed by atoms with Crippen molar-refractivity contribution in [2.24, 2.45) is 22.7 Å². The average Bonchev–Trinajstić information content (AvgIpc) is 2.85. The smallest absolute Gasteiger partial charge is 0.170 e. The summed E-state index contributed by atoms with van der Waals surface area (Å²) in [4.78, 5) is 0. The minimum Gasteiger partial charge on any atom is -0.409 e. The van der Waals surface area contributed by atoms with Crippen molar-refractivity contribution in [1.29, 1.82) is 0 Å². The van der Waals surface area contributed by atoms with Crippen molar-refractivity contribution in [2.45, 2.75) is 52.6 Å². The molecule has 0 heterocycles. The van der Waals surface area contributed by atoms with Gasteiger partial charge in [-0.2, -0.15) is 0 Å². The van der Waals surface area contributed by atoms with Crippen LogP contribution in [0.3, 0.4) is 0 Å². The first kappa shape index (κ1) is 15.8. The molecule has 0 radical (unpaired) electrons. The van der Waals surface area contributed by atoms with E-state index in [-0.39, 0.29) is 5.84 Å². The molecule has 0 bridgehead atoms. The van der Waals surface area contributed by atoms with E-state index in [2.05, 4.69) is 37.3 Å². The van der Waals surface area contributed by atoms with Crippen LogP contribution in [0.5, 0.6) is 0 Å². The molecule has 2 rings (SSSR count). The third-order valence-electron chi connectivity index (χ3n) is 5.05. The zero-order valence-corrected chi connectivity index (χ0v) is 13.3. The van der Waals surface area contributed by atoms with Crippen molar-refractivity contribution in [1.82, 2.24) is 5.32 Å². The molecule has 3 atom stereocenters. The number of nitrogens with one attached hydrogen (secondary N) is 1. The minimum atomic E-state index is 0.160. The lowest BCUT2D eigenvalue weighted by molar-refractivity contribution is 0.318. The SMILES string of the molecule is CCC1CCC(NCc2ccc(/C(N)=N/O)cc2C)C1C. The van der Waals surface area contributed by atoms with Gasteiger partial charge in [-0.25, -0.2) is 0 Å². The predicted octanol–water partition coefficient (Wildman–Crippen LogP) is 3.00. The van der Waals surface area contributed by atoms with Gasteiger partial charge in [-0.05, 0) is 48.8 Å². The summed E-state index contributed by atoms with van der Waals surface area (Å²) in [6.45, 7) is 7.61. The van der Waals surface area contributed by atoms with Gasteiger partial charge in [0.15, 0.2) is 5.84 Å². The van der Waals surface area contributed by atoms with E-state index in [9.17, 15) is 0 Å². The quantitative estimate of drug-likeness (QED) is 0.338. The van der Waals surface area contributed by atoms with Gasteiger partial charge in [-0.3, -0.25) is 0 Å². The van der Waals surface area contributed by atoms with Crippen LogP contribution in [-0.2, 0) is 6.54 Å². The summed E-state index contributed by atoms with van der Waals surface area (Å²) in [6.07, 6.45) is 3.91. The molecule has 0 saturated heterocycles. The van der Waals surface area contributed by atoms with E-state index in [0.717, 1.165) is 23.9 Å². The Kier molecular flexibility index (Phi) is 5.23. The Morgan fingerprint density at radius 1 is 1.43 bits per heavy atom. The monoisotopic (exact) mass is 289 g/mol. The maximum Gasteiger partial charge on any atom is 0.170 e. The lowest BCUT2D eigenvalue weighted by atomic mass is 9.93. The Labute approximate surface area is 127 Å². The minimum absolute atomic E-state index is 0.160. The Hall–Kier alpha value is -1.55. The van der Waals surface area contributed by atoms with E-state index in [0.29, 0.717) is 6.04 Å². The van der Waals surface area contributed by atoms with E-state index >= 15 is 0 Å². The maximum absolute atomic E-state index is 8.72. The number of hydrogen-bond donors (Lipinski definition) is 3. The van der Waals surface area contributed by atoms with Crippen LogP contribution in [0.25, 0.3) is 0 Å². The van der Waals surface area contributed by atoms with Crippen molar-refractivity contribution in [3.05, 3.63) is 34.9 Å². The van der Waals surface area contributed by atoms with Gasteiger partial charge in [-0.15, -0.1) is 0 Å². The van der Waals surface area contributed by atoms with E-state index in [1.165, 1.54) is 30.4 Å². The highest BCUT2D eigenvalue weighted by Crippen LogP contribution is 2.34. The summed E-state index contributed by atoms with van der Waals surface area (Å²) in [5.41, 5.74) is 8.83. The summed E-state index contributed by atoms with van der Waals surface area (Å²) in [5, 5.41) is 15.5. The molecule has 4 heteroatoms. The fourth-order valence-electron chi connectivity index (χ4n) is 3.46. The highest BCUT2D eigenvalue weighted by molar-refractivity contribution is 5.97. The van der Waals surface area contributed by atoms with Crippen molar-refractivity contribution in [2.75, 3.05) is 0 Å². The zero-order chi connectivity index (χ0) is 15.4. The first-order valence-electron chi connectivity index (χ1n) is 7.87. The van der Waals surface area contributed by atoms with Gasteiger partial charge in [0.2, 0.25) is 0 Å². The number of amidine groups is 1. The Balaban J connectivity index is 1.98. The van der Waals surface area contributed by atoms with E-state index in [4.69, 9.17) is 10.9 Å². The molecule has 1 saturated carbocycles. The summed E-state index contributed by atoms with van der Waals surface area (Å²) in [6, 6.07) is 6.57. The fourth-order valence-corrected chi connectivity index (χ4v) is 3.46. The second kappa shape index (κ2) is 6.94. The fraction of sp³-hybridized carbons (Fsp3) is 0.588. The molecular formula is C17H27N3O. The van der Waals surface area contributed by atoms with Gasteiger partial charge in [-0.1, -0.05) is 37.6 Å². The number of hydrogen-bond acceptors (Lipinski definition) is 3. The number of aryl methyl sites for hydroxylation is 1. The molecule has 0 amide bonds. The highest BCUT2D eigenvalue weighted by Gasteiger charge is 2.30. The molecule has 116 valence electrons. The van der Waals surface area contributed by atoms with Gasteiger partial charge in [0.1, 0.15) is 0 Å². The average molecular weight is 289 g/mol. The van der Waals surface area contributed by atoms with Crippen LogP contribution in [0.2, 0.25) is 0 Å². The van der Waals surface area contributed by atoms with Crippen LogP contribution in [0.4, 0.5) is 0 Å². The van der Waals surface area contributed by atoms with Gasteiger partial charge >= 0.3 is 0 Å². The third-order valence-corrected chi connectivity index (χ3v) is 5.05. The number of benzene rings is 1. The van der Waals surface area contributed by atoms with Crippen LogP contribution in [0.15, 0.2) is 23.4 Å². The Bertz CT molecular complexity index is 513. The Morgan fingerprint density at radius 2 is 2.19 bits per heavy atom. The molecule has 1 aromatic carbocycles. The highest BCUT2D eigenvalue weighted by atomic mass is 16.4. The molecule has 0 aliphatic heterocycles. The molecule has 21 heavy (non-hydrogen) atoms. The van der Waals surface area contributed by atoms with E-state index < -0.39 is 0 Å². The van der Waals surface area contributed by atoms with E-state index in [1.54, 1.807) is 0 Å². The van der Waals surface area contributed by atoms with Gasteiger partial charge in [0, 0.05) is 18.2 Å². The summed E-state index contributed by atoms with van der Waals surface area (Å²) >= 11 is 0. The molecule has 4 N–H and O–H groups in total. The second-order valence-corrected chi connectivity index (χ2v) is 6.22. The topological polar surface area (TPSA) is 70.6 Å². The standard InChI is InChI=1S/C17H27N3O/c1-4-13-7-8-16(12(13)3)19-10-15-6-5-14(9-11(15)2)17(18)20-21/h5-6,9,12-13,16,19,21H,4,7-8,10H2,1-3H3,(H2,18,20). The number of nitrogens with two attached hydrogens (primary N) is 1. The second-order valence-electron chi connectivity index (χ2n) is 6.22. The lowest BCUT2D eigenvalue weighted by Crippen LogP contribution is -2.32. The molecule has 1 aromatic rings. The van der Waals surface area contributed by atoms with Crippen molar-refractivity contribution >= 4 is 5.84 Å². The zero-order valence-electron chi connectivity index (χ0n) is 13.3. The summed E-state index contributed by atoms with van der Waals surface area (Å²) < 4.78 is 0. The molecule has 0 spiro atoms. The largest absolute Gasteiger partial charge is 0.409 e. The molecule has 4 nitrogen and oxygen atoms in total. The first-order valence-corrected chi connectivity index (χ1v) is 7.87. The predicted molar refractivity (Wildman–Crippen MR) is 86.5 cm³/mol. The molecule has 1 aliphatic carbocycles. The number of oxime groups is 1. The molecule has 1 fully saturated rings. The molecular weight excluding hydrogens is 262 g/mol.